The average molecular weight is 288 g/mol. The van der Waals surface area contributed by atoms with Crippen LogP contribution in [0.5, 0.6) is 0 Å². The summed E-state index contributed by atoms with van der Waals surface area (Å²) in [6.45, 7) is 0. The van der Waals surface area contributed by atoms with Gasteiger partial charge >= 0.3 is 0 Å². The second-order valence-corrected chi connectivity index (χ2v) is 5.34. The zero-order valence-corrected chi connectivity index (χ0v) is 12.3. The van der Waals surface area contributed by atoms with Gasteiger partial charge in [-0.3, -0.25) is 0 Å². The third-order valence-electron chi connectivity index (χ3n) is 4.01. The molecule has 0 spiro atoms. The van der Waals surface area contributed by atoms with Crippen molar-refractivity contribution in [2.75, 3.05) is 11.9 Å². The molecule has 4 heteroatoms. The SMILES string of the molecule is CN1C(c2ccccc2)=CC(c2ccccc2)n2ncnc21. The molecular weight excluding hydrogens is 272 g/mol. The Labute approximate surface area is 129 Å². The van der Waals surface area contributed by atoms with E-state index in [9.17, 15) is 0 Å². The van der Waals surface area contributed by atoms with E-state index in [4.69, 9.17) is 0 Å². The lowest BCUT2D eigenvalue weighted by molar-refractivity contribution is 0.599. The number of aromatic nitrogens is 3. The third-order valence-corrected chi connectivity index (χ3v) is 4.01. The number of fused-ring (bicyclic) bond motifs is 1. The Morgan fingerprint density at radius 3 is 2.32 bits per heavy atom. The van der Waals surface area contributed by atoms with E-state index in [0.717, 1.165) is 11.6 Å². The molecule has 0 amide bonds. The van der Waals surface area contributed by atoms with Crippen molar-refractivity contribution in [3.63, 3.8) is 0 Å². The van der Waals surface area contributed by atoms with Crippen molar-refractivity contribution in [3.8, 4) is 0 Å². The van der Waals surface area contributed by atoms with Crippen LogP contribution < -0.4 is 4.90 Å². The van der Waals surface area contributed by atoms with Crippen LogP contribution in [-0.4, -0.2) is 21.8 Å². The third kappa shape index (κ3) is 2.00. The van der Waals surface area contributed by atoms with Gasteiger partial charge in [0.15, 0.2) is 0 Å². The van der Waals surface area contributed by atoms with Gasteiger partial charge in [0.05, 0.1) is 0 Å². The molecule has 0 bridgehead atoms. The van der Waals surface area contributed by atoms with Crippen molar-refractivity contribution in [1.29, 1.82) is 0 Å². The summed E-state index contributed by atoms with van der Waals surface area (Å²) < 4.78 is 1.96. The number of allylic oxidation sites excluding steroid dienone is 1. The lowest BCUT2D eigenvalue weighted by Crippen LogP contribution is -2.28. The predicted molar refractivity (Wildman–Crippen MR) is 87.4 cm³/mol. The first kappa shape index (κ1) is 12.8. The summed E-state index contributed by atoms with van der Waals surface area (Å²) in [6, 6.07) is 20.8. The highest BCUT2D eigenvalue weighted by atomic mass is 15.5. The maximum absolute atomic E-state index is 4.43. The topological polar surface area (TPSA) is 34.0 Å². The Kier molecular flexibility index (Phi) is 3.00. The summed E-state index contributed by atoms with van der Waals surface area (Å²) in [6.07, 6.45) is 3.86. The Morgan fingerprint density at radius 2 is 1.59 bits per heavy atom. The molecule has 1 aromatic heterocycles. The number of hydrogen-bond acceptors (Lipinski definition) is 3. The van der Waals surface area contributed by atoms with E-state index < -0.39 is 0 Å². The van der Waals surface area contributed by atoms with Gasteiger partial charge in [0.25, 0.3) is 0 Å². The second-order valence-electron chi connectivity index (χ2n) is 5.34. The molecule has 0 saturated carbocycles. The van der Waals surface area contributed by atoms with E-state index in [0.29, 0.717) is 0 Å². The smallest absolute Gasteiger partial charge is 0.228 e. The van der Waals surface area contributed by atoms with Gasteiger partial charge < -0.3 is 4.90 Å². The quantitative estimate of drug-likeness (QED) is 0.725. The van der Waals surface area contributed by atoms with Crippen molar-refractivity contribution in [2.45, 2.75) is 6.04 Å². The van der Waals surface area contributed by atoms with Gasteiger partial charge in [-0.2, -0.15) is 10.1 Å². The molecule has 1 unspecified atom stereocenters. The van der Waals surface area contributed by atoms with E-state index >= 15 is 0 Å². The van der Waals surface area contributed by atoms with Crippen molar-refractivity contribution < 1.29 is 0 Å². The molecule has 0 fully saturated rings. The van der Waals surface area contributed by atoms with Crippen LogP contribution in [0, 0.1) is 0 Å². The Hall–Kier alpha value is -2.88. The summed E-state index contributed by atoms with van der Waals surface area (Å²) in [5, 5.41) is 4.41. The minimum atomic E-state index is 0.0603. The summed E-state index contributed by atoms with van der Waals surface area (Å²) in [5.74, 6) is 0.857. The van der Waals surface area contributed by atoms with Crippen molar-refractivity contribution in [2.24, 2.45) is 0 Å². The minimum Gasteiger partial charge on any atom is -0.313 e. The number of rotatable bonds is 2. The highest BCUT2D eigenvalue weighted by molar-refractivity contribution is 5.78. The standard InChI is InChI=1S/C18H16N4/c1-21-16(14-8-4-2-5-9-14)12-17(15-10-6-3-7-11-15)22-18(21)19-13-20-22/h2-13,17H,1H3. The van der Waals surface area contributed by atoms with Gasteiger partial charge in [-0.1, -0.05) is 60.7 Å². The molecule has 0 saturated heterocycles. The number of nitrogens with zero attached hydrogens (tertiary/aromatic N) is 4. The zero-order valence-electron chi connectivity index (χ0n) is 12.3. The highest BCUT2D eigenvalue weighted by Crippen LogP contribution is 2.35. The molecular formula is C18H16N4. The first-order chi connectivity index (χ1) is 10.8. The maximum atomic E-state index is 4.43. The molecule has 2 heterocycles. The Morgan fingerprint density at radius 1 is 0.909 bits per heavy atom. The van der Waals surface area contributed by atoms with Crippen LogP contribution in [0.2, 0.25) is 0 Å². The molecule has 1 aliphatic heterocycles. The first-order valence-corrected chi connectivity index (χ1v) is 7.30. The molecule has 22 heavy (non-hydrogen) atoms. The summed E-state index contributed by atoms with van der Waals surface area (Å²) >= 11 is 0. The summed E-state index contributed by atoms with van der Waals surface area (Å²) in [4.78, 5) is 6.51. The molecule has 108 valence electrons. The molecule has 4 rings (SSSR count). The number of benzene rings is 2. The monoisotopic (exact) mass is 288 g/mol. The van der Waals surface area contributed by atoms with Crippen molar-refractivity contribution in [1.82, 2.24) is 14.8 Å². The molecule has 0 N–H and O–H groups in total. The zero-order chi connectivity index (χ0) is 14.9. The number of anilines is 1. The van der Waals surface area contributed by atoms with Crippen molar-refractivity contribution in [3.05, 3.63) is 84.2 Å². The molecule has 3 aromatic rings. The predicted octanol–water partition coefficient (Wildman–Crippen LogP) is 3.36. The molecule has 0 radical (unpaired) electrons. The maximum Gasteiger partial charge on any atom is 0.228 e. The van der Waals surface area contributed by atoms with Gasteiger partial charge in [0.2, 0.25) is 5.95 Å². The fourth-order valence-corrected chi connectivity index (χ4v) is 2.91. The largest absolute Gasteiger partial charge is 0.313 e. The average Bonchev–Trinajstić information content (AvgIpc) is 3.07. The molecule has 2 aromatic carbocycles. The van der Waals surface area contributed by atoms with Crippen LogP contribution >= 0.6 is 0 Å². The lowest BCUT2D eigenvalue weighted by Gasteiger charge is -2.30. The summed E-state index contributed by atoms with van der Waals surface area (Å²) in [5.41, 5.74) is 3.53. The van der Waals surface area contributed by atoms with Crippen LogP contribution in [0.25, 0.3) is 5.70 Å². The Balaban J connectivity index is 1.88. The van der Waals surface area contributed by atoms with Gasteiger partial charge in [-0.15, -0.1) is 0 Å². The summed E-state index contributed by atoms with van der Waals surface area (Å²) in [7, 11) is 2.03. The van der Waals surface area contributed by atoms with E-state index in [2.05, 4.69) is 69.6 Å². The van der Waals surface area contributed by atoms with Crippen molar-refractivity contribution >= 4 is 11.6 Å². The van der Waals surface area contributed by atoms with E-state index in [1.807, 2.05) is 23.9 Å². The second kappa shape index (κ2) is 5.15. The molecule has 0 aliphatic carbocycles. The normalized spacial score (nSPS) is 17.0. The molecule has 1 aliphatic rings. The first-order valence-electron chi connectivity index (χ1n) is 7.30. The van der Waals surface area contributed by atoms with E-state index in [1.54, 1.807) is 6.33 Å². The lowest BCUT2D eigenvalue weighted by atomic mass is 10.0. The van der Waals surface area contributed by atoms with E-state index in [-0.39, 0.29) is 6.04 Å². The van der Waals surface area contributed by atoms with Crippen LogP contribution in [0.1, 0.15) is 17.2 Å². The van der Waals surface area contributed by atoms with Crippen LogP contribution in [0.15, 0.2) is 73.1 Å². The highest BCUT2D eigenvalue weighted by Gasteiger charge is 2.27. The van der Waals surface area contributed by atoms with Gasteiger partial charge in [-0.05, 0) is 17.2 Å². The fraction of sp³-hybridized carbons (Fsp3) is 0.111. The molecule has 4 nitrogen and oxygen atoms in total. The van der Waals surface area contributed by atoms with Gasteiger partial charge in [0, 0.05) is 12.7 Å². The minimum absolute atomic E-state index is 0.0603. The Bertz CT molecular complexity index is 805. The van der Waals surface area contributed by atoms with Crippen LogP contribution in [0.3, 0.4) is 0 Å². The van der Waals surface area contributed by atoms with Crippen LogP contribution in [0.4, 0.5) is 5.95 Å². The number of hydrogen-bond donors (Lipinski definition) is 0. The fourth-order valence-electron chi connectivity index (χ4n) is 2.91. The van der Waals surface area contributed by atoms with Crippen LogP contribution in [-0.2, 0) is 0 Å². The molecule has 1 atom stereocenters. The van der Waals surface area contributed by atoms with E-state index in [1.165, 1.54) is 11.1 Å². The van der Waals surface area contributed by atoms with Gasteiger partial charge in [0.1, 0.15) is 12.4 Å². The van der Waals surface area contributed by atoms with Gasteiger partial charge in [-0.25, -0.2) is 4.68 Å².